The van der Waals surface area contributed by atoms with Crippen molar-refractivity contribution in [1.82, 2.24) is 19.8 Å². The Morgan fingerprint density at radius 1 is 1.27 bits per heavy atom. The van der Waals surface area contributed by atoms with Crippen LogP contribution in [0.2, 0.25) is 0 Å². The Morgan fingerprint density at radius 2 is 2.03 bits per heavy atom. The summed E-state index contributed by atoms with van der Waals surface area (Å²) in [5, 5.41) is 2.64. The van der Waals surface area contributed by atoms with Gasteiger partial charge in [0.05, 0.1) is 18.6 Å². The van der Waals surface area contributed by atoms with Crippen molar-refractivity contribution in [3.05, 3.63) is 53.6 Å². The lowest BCUT2D eigenvalue weighted by Crippen LogP contribution is -2.45. The first-order chi connectivity index (χ1) is 14.1. The fourth-order valence-electron chi connectivity index (χ4n) is 3.35. The molecule has 0 fully saturated rings. The largest absolute Gasteiger partial charge is 0.444 e. The number of nitrogens with zero attached hydrogens (tertiary/aromatic N) is 3. The van der Waals surface area contributed by atoms with Gasteiger partial charge in [-0.1, -0.05) is 0 Å². The van der Waals surface area contributed by atoms with Crippen molar-refractivity contribution in [3.63, 3.8) is 0 Å². The highest BCUT2D eigenvalue weighted by Gasteiger charge is 2.27. The number of rotatable bonds is 5. The smallest absolute Gasteiger partial charge is 0.407 e. The minimum atomic E-state index is -0.754. The third-order valence-corrected chi connectivity index (χ3v) is 4.73. The highest BCUT2D eigenvalue weighted by Crippen LogP contribution is 2.17. The number of alkyl carbamates (subject to hydrolysis) is 1. The molecule has 0 aliphatic carbocycles. The zero-order valence-electron chi connectivity index (χ0n) is 17.3. The molecule has 2 aromatic rings. The molecular formula is C21H26F2N4O3. The summed E-state index contributed by atoms with van der Waals surface area (Å²) in [4.78, 5) is 30.9. The van der Waals surface area contributed by atoms with Gasteiger partial charge < -0.3 is 19.5 Å². The van der Waals surface area contributed by atoms with Crippen molar-refractivity contribution in [3.8, 4) is 0 Å². The molecule has 0 spiro atoms. The van der Waals surface area contributed by atoms with Gasteiger partial charge in [0, 0.05) is 31.7 Å². The number of hydrogen-bond acceptors (Lipinski definition) is 4. The van der Waals surface area contributed by atoms with Gasteiger partial charge >= 0.3 is 6.09 Å². The average Bonchev–Trinajstić information content (AvgIpc) is 3.10. The van der Waals surface area contributed by atoms with Gasteiger partial charge in [-0.15, -0.1) is 0 Å². The van der Waals surface area contributed by atoms with Crippen molar-refractivity contribution in [2.45, 2.75) is 58.3 Å². The van der Waals surface area contributed by atoms with E-state index in [9.17, 15) is 18.4 Å². The number of benzene rings is 1. The normalized spacial score (nSPS) is 14.8. The summed E-state index contributed by atoms with van der Waals surface area (Å²) >= 11 is 0. The van der Waals surface area contributed by atoms with Crippen LogP contribution in [0.4, 0.5) is 13.6 Å². The number of nitrogens with one attached hydrogen (secondary N) is 1. The Bertz CT molecular complexity index is 923. The molecule has 1 aliphatic rings. The van der Waals surface area contributed by atoms with Crippen LogP contribution in [0.3, 0.4) is 0 Å². The molecule has 1 aliphatic heterocycles. The maximum atomic E-state index is 14.1. The maximum Gasteiger partial charge on any atom is 0.407 e. The SMILES string of the molecule is CC(C)(C)OC(=O)N[C@@H](CC(=O)N1CCn2cncc2C1)Cc1cc(F)ccc1F. The summed E-state index contributed by atoms with van der Waals surface area (Å²) in [5.41, 5.74) is 0.275. The van der Waals surface area contributed by atoms with Gasteiger partial charge in [-0.2, -0.15) is 0 Å². The molecule has 0 saturated carbocycles. The van der Waals surface area contributed by atoms with E-state index in [0.29, 0.717) is 19.6 Å². The van der Waals surface area contributed by atoms with Crippen LogP contribution in [0.1, 0.15) is 38.4 Å². The summed E-state index contributed by atoms with van der Waals surface area (Å²) in [6, 6.07) is 2.37. The number of fused-ring (bicyclic) bond motifs is 1. The zero-order chi connectivity index (χ0) is 21.9. The zero-order valence-corrected chi connectivity index (χ0v) is 17.3. The number of hydrogen-bond donors (Lipinski definition) is 1. The second kappa shape index (κ2) is 8.81. The van der Waals surface area contributed by atoms with E-state index in [1.807, 2.05) is 4.57 Å². The Labute approximate surface area is 174 Å². The first kappa shape index (κ1) is 21.7. The fraction of sp³-hybridized carbons (Fsp3) is 0.476. The monoisotopic (exact) mass is 420 g/mol. The van der Waals surface area contributed by atoms with Crippen LogP contribution in [0, 0.1) is 11.6 Å². The summed E-state index contributed by atoms with van der Waals surface area (Å²) in [7, 11) is 0. The van der Waals surface area contributed by atoms with Gasteiger partial charge in [-0.3, -0.25) is 4.79 Å². The van der Waals surface area contributed by atoms with E-state index in [1.165, 1.54) is 0 Å². The molecule has 1 N–H and O–H groups in total. The summed E-state index contributed by atoms with van der Waals surface area (Å²) in [5.74, 6) is -1.37. The van der Waals surface area contributed by atoms with Gasteiger partial charge in [-0.25, -0.2) is 18.6 Å². The number of aromatic nitrogens is 2. The molecule has 30 heavy (non-hydrogen) atoms. The first-order valence-corrected chi connectivity index (χ1v) is 9.81. The minimum absolute atomic E-state index is 0.0413. The standard InChI is InChI=1S/C21H26F2N4O3/c1-21(2,3)30-20(29)25-16(9-14-8-15(22)4-5-18(14)23)10-19(28)26-6-7-27-13-24-11-17(27)12-26/h4-5,8,11,13,16H,6-7,9-10,12H2,1-3H3,(H,25,29)/t16-/m1/s1. The van der Waals surface area contributed by atoms with Gasteiger partial charge in [0.1, 0.15) is 17.2 Å². The Kier molecular flexibility index (Phi) is 6.38. The van der Waals surface area contributed by atoms with Crippen molar-refractivity contribution >= 4 is 12.0 Å². The molecule has 1 aromatic heterocycles. The molecule has 0 unspecified atom stereocenters. The third-order valence-electron chi connectivity index (χ3n) is 4.73. The van der Waals surface area contributed by atoms with E-state index < -0.39 is 29.4 Å². The van der Waals surface area contributed by atoms with E-state index in [0.717, 1.165) is 23.9 Å². The molecule has 3 rings (SSSR count). The molecule has 2 amide bonds. The van der Waals surface area contributed by atoms with Crippen LogP contribution in [0.15, 0.2) is 30.7 Å². The van der Waals surface area contributed by atoms with E-state index in [2.05, 4.69) is 10.3 Å². The van der Waals surface area contributed by atoms with Crippen LogP contribution < -0.4 is 5.32 Å². The first-order valence-electron chi connectivity index (χ1n) is 9.81. The lowest BCUT2D eigenvalue weighted by Gasteiger charge is -2.30. The van der Waals surface area contributed by atoms with Gasteiger partial charge in [0.2, 0.25) is 5.91 Å². The molecule has 7 nitrogen and oxygen atoms in total. The minimum Gasteiger partial charge on any atom is -0.444 e. The Balaban J connectivity index is 1.72. The molecule has 0 saturated heterocycles. The Morgan fingerprint density at radius 3 is 2.77 bits per heavy atom. The highest BCUT2D eigenvalue weighted by molar-refractivity contribution is 5.78. The average molecular weight is 420 g/mol. The molecular weight excluding hydrogens is 394 g/mol. The van der Waals surface area contributed by atoms with Gasteiger partial charge in [0.15, 0.2) is 0 Å². The van der Waals surface area contributed by atoms with Crippen LogP contribution in [-0.4, -0.2) is 44.6 Å². The predicted octanol–water partition coefficient (Wildman–Crippen LogP) is 3.03. The number of carbonyl (C=O) groups is 2. The molecule has 0 radical (unpaired) electrons. The molecule has 9 heteroatoms. The maximum absolute atomic E-state index is 14.1. The van der Waals surface area contributed by atoms with Crippen molar-refractivity contribution in [1.29, 1.82) is 0 Å². The number of carbonyl (C=O) groups excluding carboxylic acids is 2. The molecule has 1 atom stereocenters. The summed E-state index contributed by atoms with van der Waals surface area (Å²) in [6.07, 6.45) is 2.60. The third kappa shape index (κ3) is 5.77. The van der Waals surface area contributed by atoms with E-state index in [-0.39, 0.29) is 24.3 Å². The fourth-order valence-corrected chi connectivity index (χ4v) is 3.35. The van der Waals surface area contributed by atoms with Gasteiger partial charge in [-0.05, 0) is 51.0 Å². The second-order valence-corrected chi connectivity index (χ2v) is 8.38. The summed E-state index contributed by atoms with van der Waals surface area (Å²) < 4.78 is 35.0. The van der Waals surface area contributed by atoms with E-state index in [1.54, 1.807) is 38.2 Å². The Hall–Kier alpha value is -2.97. The molecule has 1 aromatic carbocycles. The topological polar surface area (TPSA) is 76.5 Å². The summed E-state index contributed by atoms with van der Waals surface area (Å²) in [6.45, 7) is 6.70. The lowest BCUT2D eigenvalue weighted by atomic mass is 10.0. The lowest BCUT2D eigenvalue weighted by molar-refractivity contribution is -0.133. The predicted molar refractivity (Wildman–Crippen MR) is 105 cm³/mol. The van der Waals surface area contributed by atoms with Crippen LogP contribution >= 0.6 is 0 Å². The van der Waals surface area contributed by atoms with E-state index in [4.69, 9.17) is 4.74 Å². The van der Waals surface area contributed by atoms with E-state index >= 15 is 0 Å². The quantitative estimate of drug-likeness (QED) is 0.807. The van der Waals surface area contributed by atoms with Crippen LogP contribution in [-0.2, 0) is 29.0 Å². The highest BCUT2D eigenvalue weighted by atomic mass is 19.1. The molecule has 2 heterocycles. The second-order valence-electron chi connectivity index (χ2n) is 8.38. The molecule has 0 bridgehead atoms. The van der Waals surface area contributed by atoms with Crippen molar-refractivity contribution in [2.24, 2.45) is 0 Å². The van der Waals surface area contributed by atoms with Crippen molar-refractivity contribution in [2.75, 3.05) is 6.54 Å². The van der Waals surface area contributed by atoms with Crippen molar-refractivity contribution < 1.29 is 23.1 Å². The van der Waals surface area contributed by atoms with Crippen LogP contribution in [0.5, 0.6) is 0 Å². The molecule has 162 valence electrons. The number of ether oxygens (including phenoxy) is 1. The van der Waals surface area contributed by atoms with Crippen LogP contribution in [0.25, 0.3) is 0 Å². The van der Waals surface area contributed by atoms with Gasteiger partial charge in [0.25, 0.3) is 0 Å². The number of amides is 2. The number of halogens is 2. The number of imidazole rings is 1.